The van der Waals surface area contributed by atoms with Gasteiger partial charge in [-0.3, -0.25) is 9.78 Å². The van der Waals surface area contributed by atoms with E-state index in [0.29, 0.717) is 11.0 Å². The highest BCUT2D eigenvalue weighted by Crippen LogP contribution is 2.06. The van der Waals surface area contributed by atoms with Gasteiger partial charge < -0.3 is 0 Å². The van der Waals surface area contributed by atoms with Gasteiger partial charge in [-0.25, -0.2) is 4.98 Å². The molecule has 5 heteroatoms. The first-order valence-electron chi connectivity index (χ1n) is 3.70. The van der Waals surface area contributed by atoms with Crippen molar-refractivity contribution in [2.45, 2.75) is 6.92 Å². The van der Waals surface area contributed by atoms with Crippen molar-refractivity contribution in [1.82, 2.24) is 15.0 Å². The number of nitrogens with one attached hydrogen (secondary N) is 1. The van der Waals surface area contributed by atoms with Crippen LogP contribution in [0.5, 0.6) is 0 Å². The highest BCUT2D eigenvalue weighted by molar-refractivity contribution is 6.28. The molecule has 0 atom stereocenters. The Morgan fingerprint density at radius 3 is 2.92 bits per heavy atom. The van der Waals surface area contributed by atoms with E-state index in [4.69, 9.17) is 11.6 Å². The first-order chi connectivity index (χ1) is 6.16. The van der Waals surface area contributed by atoms with E-state index >= 15 is 0 Å². The zero-order valence-corrected chi connectivity index (χ0v) is 7.59. The molecule has 1 N–H and O–H groups in total. The molecule has 0 spiro atoms. The maximum absolute atomic E-state index is 11.3. The third-order valence-corrected chi connectivity index (χ3v) is 1.86. The van der Waals surface area contributed by atoms with Crippen molar-refractivity contribution < 1.29 is 0 Å². The fraction of sp³-hybridized carbons (Fsp3) is 0.125. The van der Waals surface area contributed by atoms with Gasteiger partial charge in [0.1, 0.15) is 0 Å². The molecule has 0 radical (unpaired) electrons. The minimum atomic E-state index is -0.262. The Kier molecular flexibility index (Phi) is 1.77. The van der Waals surface area contributed by atoms with Crippen LogP contribution in [0.25, 0.3) is 11.0 Å². The molecule has 0 fully saturated rings. The van der Waals surface area contributed by atoms with Crippen LogP contribution in [0, 0.1) is 6.92 Å². The van der Waals surface area contributed by atoms with Crippen LogP contribution in [0.4, 0.5) is 0 Å². The lowest BCUT2D eigenvalue weighted by Crippen LogP contribution is -2.08. The summed E-state index contributed by atoms with van der Waals surface area (Å²) < 4.78 is 0. The number of aryl methyl sites for hydroxylation is 1. The molecule has 2 aromatic heterocycles. The summed E-state index contributed by atoms with van der Waals surface area (Å²) in [6.07, 6.45) is 0. The van der Waals surface area contributed by atoms with E-state index in [0.717, 1.165) is 5.69 Å². The maximum atomic E-state index is 11.3. The summed E-state index contributed by atoms with van der Waals surface area (Å²) in [5, 5.41) is 0.519. The van der Waals surface area contributed by atoms with Crippen LogP contribution in [0.1, 0.15) is 5.69 Å². The lowest BCUT2D eigenvalue weighted by Gasteiger charge is -1.96. The Morgan fingerprint density at radius 1 is 1.38 bits per heavy atom. The molecule has 0 aromatic carbocycles. The number of rotatable bonds is 0. The van der Waals surface area contributed by atoms with Crippen LogP contribution in [0.15, 0.2) is 16.9 Å². The maximum Gasteiger partial charge on any atom is 0.261 e. The molecule has 0 unspecified atom stereocenters. The average Bonchev–Trinajstić information content (AvgIpc) is 2.02. The summed E-state index contributed by atoms with van der Waals surface area (Å²) in [7, 11) is 0. The Morgan fingerprint density at radius 2 is 2.15 bits per heavy atom. The minimum Gasteiger partial charge on any atom is -0.297 e. The van der Waals surface area contributed by atoms with Crippen molar-refractivity contribution >= 4 is 22.6 Å². The number of nitrogens with zero attached hydrogens (tertiary/aromatic N) is 2. The van der Waals surface area contributed by atoms with Gasteiger partial charge in [-0.1, -0.05) is 0 Å². The summed E-state index contributed by atoms with van der Waals surface area (Å²) in [5.74, 6) is 0. The van der Waals surface area contributed by atoms with Gasteiger partial charge in [-0.05, 0) is 30.7 Å². The molecule has 0 amide bonds. The monoisotopic (exact) mass is 195 g/mol. The summed E-state index contributed by atoms with van der Waals surface area (Å²) >= 11 is 5.57. The van der Waals surface area contributed by atoms with E-state index in [-0.39, 0.29) is 10.8 Å². The molecule has 13 heavy (non-hydrogen) atoms. The molecule has 0 saturated heterocycles. The number of halogens is 1. The predicted octanol–water partition coefficient (Wildman–Crippen LogP) is 1.28. The van der Waals surface area contributed by atoms with E-state index < -0.39 is 0 Å². The van der Waals surface area contributed by atoms with Crippen LogP contribution in [0.3, 0.4) is 0 Å². The van der Waals surface area contributed by atoms with Crippen LogP contribution in [-0.2, 0) is 0 Å². The number of hydrogen-bond acceptors (Lipinski definition) is 3. The fourth-order valence-electron chi connectivity index (χ4n) is 1.09. The smallest absolute Gasteiger partial charge is 0.261 e. The highest BCUT2D eigenvalue weighted by atomic mass is 35.5. The lowest BCUT2D eigenvalue weighted by molar-refractivity contribution is 1.12. The van der Waals surface area contributed by atoms with Crippen molar-refractivity contribution in [3.63, 3.8) is 0 Å². The summed E-state index contributed by atoms with van der Waals surface area (Å²) in [6, 6.07) is 3.44. The van der Waals surface area contributed by atoms with Crippen molar-refractivity contribution in [2.75, 3.05) is 0 Å². The third kappa shape index (κ3) is 1.40. The average molecular weight is 196 g/mol. The predicted molar refractivity (Wildman–Crippen MR) is 49.9 cm³/mol. The summed E-state index contributed by atoms with van der Waals surface area (Å²) in [6.45, 7) is 1.83. The SMILES string of the molecule is Cc1ccc2c(=O)[nH]c(Cl)nc2n1. The Hall–Kier alpha value is -1.42. The largest absolute Gasteiger partial charge is 0.297 e. The van der Waals surface area contributed by atoms with Gasteiger partial charge in [-0.15, -0.1) is 0 Å². The summed E-state index contributed by atoms with van der Waals surface area (Å²) in [5.41, 5.74) is 0.929. The molecule has 0 saturated carbocycles. The van der Waals surface area contributed by atoms with Crippen molar-refractivity contribution in [1.29, 1.82) is 0 Å². The molecule has 0 aliphatic heterocycles. The molecular weight excluding hydrogens is 190 g/mol. The zero-order chi connectivity index (χ0) is 9.42. The van der Waals surface area contributed by atoms with Gasteiger partial charge in [0.05, 0.1) is 5.39 Å². The first-order valence-corrected chi connectivity index (χ1v) is 4.08. The fourth-order valence-corrected chi connectivity index (χ4v) is 1.25. The van der Waals surface area contributed by atoms with Gasteiger partial charge in [0.25, 0.3) is 5.56 Å². The number of fused-ring (bicyclic) bond motifs is 1. The van der Waals surface area contributed by atoms with E-state index in [1.165, 1.54) is 0 Å². The minimum absolute atomic E-state index is 0.0654. The quantitative estimate of drug-likeness (QED) is 0.645. The molecule has 66 valence electrons. The van der Waals surface area contributed by atoms with Crippen LogP contribution in [-0.4, -0.2) is 15.0 Å². The van der Waals surface area contributed by atoms with E-state index in [1.807, 2.05) is 6.92 Å². The Bertz CT molecular complexity index is 515. The Labute approximate surface area is 78.6 Å². The Balaban J connectivity index is 2.95. The highest BCUT2D eigenvalue weighted by Gasteiger charge is 2.02. The first kappa shape index (κ1) is 8.19. The van der Waals surface area contributed by atoms with Crippen LogP contribution < -0.4 is 5.56 Å². The molecule has 2 heterocycles. The second kappa shape index (κ2) is 2.81. The topological polar surface area (TPSA) is 58.6 Å². The summed E-state index contributed by atoms with van der Waals surface area (Å²) in [4.78, 5) is 21.7. The molecule has 0 bridgehead atoms. The van der Waals surface area contributed by atoms with Crippen molar-refractivity contribution in [2.24, 2.45) is 0 Å². The van der Waals surface area contributed by atoms with E-state index in [1.54, 1.807) is 12.1 Å². The van der Waals surface area contributed by atoms with Crippen molar-refractivity contribution in [3.8, 4) is 0 Å². The second-order valence-electron chi connectivity index (χ2n) is 2.68. The van der Waals surface area contributed by atoms with Crippen LogP contribution >= 0.6 is 11.6 Å². The molecule has 2 aromatic rings. The van der Waals surface area contributed by atoms with Gasteiger partial charge in [-0.2, -0.15) is 4.98 Å². The number of H-pyrrole nitrogens is 1. The van der Waals surface area contributed by atoms with Gasteiger partial charge in [0.15, 0.2) is 5.65 Å². The van der Waals surface area contributed by atoms with Gasteiger partial charge in [0, 0.05) is 5.69 Å². The van der Waals surface area contributed by atoms with Gasteiger partial charge >= 0.3 is 0 Å². The standard InChI is InChI=1S/C8H6ClN3O/c1-4-2-3-5-6(10-4)11-8(9)12-7(5)13/h2-3H,1H3,(H,10,11,12,13). The van der Waals surface area contributed by atoms with E-state index in [2.05, 4.69) is 15.0 Å². The van der Waals surface area contributed by atoms with E-state index in [9.17, 15) is 4.79 Å². The molecule has 4 nitrogen and oxygen atoms in total. The third-order valence-electron chi connectivity index (χ3n) is 1.68. The van der Waals surface area contributed by atoms with Crippen LogP contribution in [0.2, 0.25) is 5.28 Å². The molecule has 0 aliphatic rings. The number of pyridine rings is 1. The second-order valence-corrected chi connectivity index (χ2v) is 3.04. The number of aromatic nitrogens is 3. The van der Waals surface area contributed by atoms with Crippen molar-refractivity contribution in [3.05, 3.63) is 33.5 Å². The molecular formula is C8H6ClN3O. The number of aromatic amines is 1. The van der Waals surface area contributed by atoms with Gasteiger partial charge in [0.2, 0.25) is 5.28 Å². The molecule has 2 rings (SSSR count). The molecule has 0 aliphatic carbocycles. The zero-order valence-electron chi connectivity index (χ0n) is 6.84. The normalized spacial score (nSPS) is 10.6. The lowest BCUT2D eigenvalue weighted by atomic mass is 10.3. The number of hydrogen-bond donors (Lipinski definition) is 1.